The van der Waals surface area contributed by atoms with Crippen LogP contribution in [0, 0.1) is 5.92 Å². The average molecular weight is 445 g/mol. The predicted molar refractivity (Wildman–Crippen MR) is 122 cm³/mol. The number of aromatic nitrogens is 2. The third kappa shape index (κ3) is 6.24. The monoisotopic (exact) mass is 444 g/mol. The number of sulfonamides is 1. The second-order valence-corrected chi connectivity index (χ2v) is 10.6. The Labute approximate surface area is 185 Å². The number of ether oxygens (including phenoxy) is 1. The molecule has 2 atom stereocenters. The van der Waals surface area contributed by atoms with Gasteiger partial charge in [0, 0.05) is 31.2 Å². The maximum absolute atomic E-state index is 11.9. The molecule has 8 heteroatoms. The lowest BCUT2D eigenvalue weighted by molar-refractivity contribution is -0.00213. The van der Waals surface area contributed by atoms with Crippen LogP contribution in [0.3, 0.4) is 0 Å². The Kier molecular flexibility index (Phi) is 7.20. The molecule has 7 nitrogen and oxygen atoms in total. The Morgan fingerprint density at radius 2 is 1.87 bits per heavy atom. The third-order valence-corrected chi connectivity index (χ3v) is 7.21. The van der Waals surface area contributed by atoms with E-state index in [1.165, 1.54) is 11.8 Å². The van der Waals surface area contributed by atoms with Crippen LogP contribution in [0.25, 0.3) is 0 Å². The van der Waals surface area contributed by atoms with Crippen LogP contribution in [-0.4, -0.2) is 56.5 Å². The van der Waals surface area contributed by atoms with Gasteiger partial charge >= 0.3 is 0 Å². The fourth-order valence-electron chi connectivity index (χ4n) is 4.86. The number of nitrogens with one attached hydrogen (secondary N) is 1. The first kappa shape index (κ1) is 22.2. The highest BCUT2D eigenvalue weighted by Gasteiger charge is 2.33. The minimum Gasteiger partial charge on any atom is -0.378 e. The van der Waals surface area contributed by atoms with E-state index in [0.717, 1.165) is 44.5 Å². The molecule has 1 aliphatic carbocycles. The van der Waals surface area contributed by atoms with E-state index in [1.807, 2.05) is 6.07 Å². The summed E-state index contributed by atoms with van der Waals surface area (Å²) in [5.41, 5.74) is 1.42. The van der Waals surface area contributed by atoms with Crippen molar-refractivity contribution in [2.75, 3.05) is 30.9 Å². The van der Waals surface area contributed by atoms with Gasteiger partial charge in [0.05, 0.1) is 19.0 Å². The molecule has 1 aromatic heterocycles. The van der Waals surface area contributed by atoms with Crippen molar-refractivity contribution in [1.29, 1.82) is 0 Å². The lowest BCUT2D eigenvalue weighted by atomic mass is 9.82. The van der Waals surface area contributed by atoms with Gasteiger partial charge in [0.2, 0.25) is 10.0 Å². The molecule has 1 saturated carbocycles. The minimum atomic E-state index is -3.27. The summed E-state index contributed by atoms with van der Waals surface area (Å²) in [4.78, 5) is 10.5. The Balaban J connectivity index is 1.34. The molecule has 2 heterocycles. The van der Waals surface area contributed by atoms with Crippen molar-refractivity contribution in [3.05, 3.63) is 54.5 Å². The molecule has 0 spiro atoms. The van der Waals surface area contributed by atoms with Gasteiger partial charge in [0.1, 0.15) is 12.1 Å². The van der Waals surface area contributed by atoms with Gasteiger partial charge in [-0.15, -0.1) is 0 Å². The molecular weight excluding hydrogens is 412 g/mol. The van der Waals surface area contributed by atoms with Crippen LogP contribution >= 0.6 is 0 Å². The molecule has 0 radical (unpaired) electrons. The summed E-state index contributed by atoms with van der Waals surface area (Å²) >= 11 is 0. The summed E-state index contributed by atoms with van der Waals surface area (Å²) in [6, 6.07) is 12.5. The maximum Gasteiger partial charge on any atom is 0.208 e. The first-order valence-corrected chi connectivity index (χ1v) is 13.0. The Morgan fingerprint density at radius 3 is 2.55 bits per heavy atom. The van der Waals surface area contributed by atoms with Gasteiger partial charge in [0.25, 0.3) is 0 Å². The van der Waals surface area contributed by atoms with Crippen LogP contribution in [0.15, 0.2) is 48.9 Å². The number of hydrogen-bond donors (Lipinski definition) is 1. The summed E-state index contributed by atoms with van der Waals surface area (Å²) < 4.78 is 32.9. The number of nitrogens with zero attached hydrogens (tertiary/aromatic N) is 3. The van der Waals surface area contributed by atoms with E-state index < -0.39 is 10.0 Å². The number of benzene rings is 1. The number of rotatable bonds is 7. The fourth-order valence-corrected chi connectivity index (χ4v) is 5.72. The molecule has 31 heavy (non-hydrogen) atoms. The standard InChI is InChI=1S/C23H32N4O3S/c1-31(28,29)26-22-12-14-27(23-11-13-24-17-25-23)15-20(22)16-30-21-9-7-19(8-10-21)18-5-3-2-4-6-18/h2-6,11,13,17,19-22,26H,7-10,12,14-16H2,1H3. The van der Waals surface area contributed by atoms with E-state index >= 15 is 0 Å². The predicted octanol–water partition coefficient (Wildman–Crippen LogP) is 2.96. The number of piperidine rings is 1. The van der Waals surface area contributed by atoms with Gasteiger partial charge in [0.15, 0.2) is 0 Å². The van der Waals surface area contributed by atoms with Crippen LogP contribution in [0.1, 0.15) is 43.6 Å². The van der Waals surface area contributed by atoms with E-state index in [-0.39, 0.29) is 18.1 Å². The van der Waals surface area contributed by atoms with Crippen LogP contribution in [-0.2, 0) is 14.8 Å². The van der Waals surface area contributed by atoms with E-state index in [0.29, 0.717) is 19.1 Å². The molecule has 4 rings (SSSR count). The van der Waals surface area contributed by atoms with Gasteiger partial charge in [-0.1, -0.05) is 30.3 Å². The lowest BCUT2D eigenvalue weighted by Crippen LogP contribution is -2.52. The van der Waals surface area contributed by atoms with Crippen molar-refractivity contribution in [2.45, 2.75) is 50.2 Å². The normalized spacial score (nSPS) is 27.2. The number of anilines is 1. The van der Waals surface area contributed by atoms with E-state index in [4.69, 9.17) is 4.74 Å². The highest BCUT2D eigenvalue weighted by atomic mass is 32.2. The molecular formula is C23H32N4O3S. The van der Waals surface area contributed by atoms with Crippen molar-refractivity contribution < 1.29 is 13.2 Å². The highest BCUT2D eigenvalue weighted by molar-refractivity contribution is 7.88. The SMILES string of the molecule is CS(=O)(=O)NC1CCN(c2ccncn2)CC1COC1CCC(c2ccccc2)CC1. The van der Waals surface area contributed by atoms with Crippen molar-refractivity contribution in [3.8, 4) is 0 Å². The first-order valence-electron chi connectivity index (χ1n) is 11.1. The summed E-state index contributed by atoms with van der Waals surface area (Å²) in [6.45, 7) is 2.02. The molecule has 2 fully saturated rings. The molecule has 168 valence electrons. The minimum absolute atomic E-state index is 0.0743. The van der Waals surface area contributed by atoms with Gasteiger partial charge < -0.3 is 9.64 Å². The zero-order valence-electron chi connectivity index (χ0n) is 18.1. The highest BCUT2D eigenvalue weighted by Crippen LogP contribution is 2.34. The second-order valence-electron chi connectivity index (χ2n) is 8.78. The quantitative estimate of drug-likeness (QED) is 0.707. The zero-order chi connectivity index (χ0) is 21.7. The van der Waals surface area contributed by atoms with Gasteiger partial charge in [-0.2, -0.15) is 0 Å². The fraction of sp³-hybridized carbons (Fsp3) is 0.565. The topological polar surface area (TPSA) is 84.4 Å². The molecule has 1 saturated heterocycles. The summed E-state index contributed by atoms with van der Waals surface area (Å²) in [5.74, 6) is 1.56. The van der Waals surface area contributed by atoms with E-state index in [2.05, 4.69) is 49.9 Å². The molecule has 0 amide bonds. The smallest absolute Gasteiger partial charge is 0.208 e. The average Bonchev–Trinajstić information content (AvgIpc) is 2.79. The lowest BCUT2D eigenvalue weighted by Gasteiger charge is -2.40. The first-order chi connectivity index (χ1) is 15.0. The molecule has 0 bridgehead atoms. The van der Waals surface area contributed by atoms with Gasteiger partial charge in [-0.05, 0) is 49.7 Å². The van der Waals surface area contributed by atoms with Crippen molar-refractivity contribution in [1.82, 2.24) is 14.7 Å². The summed E-state index contributed by atoms with van der Waals surface area (Å²) in [5, 5.41) is 0. The van der Waals surface area contributed by atoms with Crippen LogP contribution in [0.4, 0.5) is 5.82 Å². The zero-order valence-corrected chi connectivity index (χ0v) is 18.9. The van der Waals surface area contributed by atoms with Crippen molar-refractivity contribution in [2.24, 2.45) is 5.92 Å². The molecule has 2 aliphatic rings. The van der Waals surface area contributed by atoms with Gasteiger partial charge in [-0.25, -0.2) is 23.1 Å². The Morgan fingerprint density at radius 1 is 1.10 bits per heavy atom. The van der Waals surface area contributed by atoms with E-state index in [1.54, 1.807) is 12.5 Å². The molecule has 1 aliphatic heterocycles. The number of hydrogen-bond acceptors (Lipinski definition) is 6. The summed E-state index contributed by atoms with van der Waals surface area (Å²) in [6.07, 6.45) is 9.85. The second kappa shape index (κ2) is 10.1. The van der Waals surface area contributed by atoms with Crippen LogP contribution in [0.5, 0.6) is 0 Å². The van der Waals surface area contributed by atoms with Crippen LogP contribution in [0.2, 0.25) is 0 Å². The Hall–Kier alpha value is -2.03. The van der Waals surface area contributed by atoms with Crippen LogP contribution < -0.4 is 9.62 Å². The summed E-state index contributed by atoms with van der Waals surface area (Å²) in [7, 11) is -3.27. The third-order valence-electron chi connectivity index (χ3n) is 6.48. The molecule has 1 aromatic carbocycles. The molecule has 1 N–H and O–H groups in total. The van der Waals surface area contributed by atoms with Crippen molar-refractivity contribution >= 4 is 15.8 Å². The maximum atomic E-state index is 11.9. The molecule has 2 aromatic rings. The van der Waals surface area contributed by atoms with E-state index in [9.17, 15) is 8.42 Å². The Bertz CT molecular complexity index is 918. The largest absolute Gasteiger partial charge is 0.378 e. The van der Waals surface area contributed by atoms with Gasteiger partial charge in [-0.3, -0.25) is 0 Å². The van der Waals surface area contributed by atoms with Crippen molar-refractivity contribution in [3.63, 3.8) is 0 Å². The molecule has 2 unspecified atom stereocenters.